The number of nitrogens with two attached hydrogens (primary N) is 1. The maximum atomic E-state index is 13.0. The van der Waals surface area contributed by atoms with E-state index in [0.29, 0.717) is 25.2 Å². The Kier molecular flexibility index (Phi) is 9.24. The average Bonchev–Trinajstić information content (AvgIpc) is 3.20. The Bertz CT molecular complexity index is 1080. The van der Waals surface area contributed by atoms with E-state index in [0.717, 1.165) is 16.9 Å². The fourth-order valence-electron chi connectivity index (χ4n) is 4.08. The molecule has 2 amide bonds. The van der Waals surface area contributed by atoms with Crippen LogP contribution in [0.5, 0.6) is 0 Å². The molecule has 2 unspecified atom stereocenters. The van der Waals surface area contributed by atoms with Crippen LogP contribution < -0.4 is 45.7 Å². The quantitative estimate of drug-likeness (QED) is 0.121. The number of nitrogen functional groups attached to an aromatic ring is 1. The molecule has 11 nitrogen and oxygen atoms in total. The Labute approximate surface area is 238 Å². The number of oxime groups is 1. The van der Waals surface area contributed by atoms with Gasteiger partial charge >= 0.3 is 29.6 Å². The van der Waals surface area contributed by atoms with E-state index in [9.17, 15) is 14.7 Å². The zero-order chi connectivity index (χ0) is 24.6. The van der Waals surface area contributed by atoms with Crippen molar-refractivity contribution in [2.75, 3.05) is 25.2 Å². The minimum absolute atomic E-state index is 0. The number of thiocarbonyl (C=S) groups is 1. The fourth-order valence-corrected chi connectivity index (χ4v) is 6.23. The van der Waals surface area contributed by atoms with Gasteiger partial charge in [-0.2, -0.15) is 0 Å². The number of fused-ring (bicyclic) bond motifs is 1. The van der Waals surface area contributed by atoms with Gasteiger partial charge in [0.25, 0.3) is 11.8 Å². The molecule has 0 radical (unpaired) electrons. The van der Waals surface area contributed by atoms with Crippen LogP contribution in [0.2, 0.25) is 0 Å². The van der Waals surface area contributed by atoms with Crippen LogP contribution in [0.4, 0.5) is 5.13 Å². The van der Waals surface area contributed by atoms with Crippen LogP contribution in [0.1, 0.15) is 32.4 Å². The number of ether oxygens (including phenoxy) is 2. The Morgan fingerprint density at radius 1 is 1.51 bits per heavy atom. The Morgan fingerprint density at radius 2 is 2.26 bits per heavy atom. The molecule has 184 valence electrons. The molecule has 0 spiro atoms. The number of amides is 2. The molecular formula is C20H24N5NaO6S3. The van der Waals surface area contributed by atoms with Gasteiger partial charge in [-0.05, 0) is 37.3 Å². The first kappa shape index (κ1) is 28.3. The molecule has 1 aromatic rings. The van der Waals surface area contributed by atoms with Gasteiger partial charge in [0, 0.05) is 16.8 Å². The number of carbonyl (C=O) groups excluding carboxylic acids is 2. The van der Waals surface area contributed by atoms with Crippen molar-refractivity contribution in [1.82, 2.24) is 15.2 Å². The number of hydrogen-bond donors (Lipinski definition) is 2. The molecule has 0 aliphatic carbocycles. The number of thioether (sulfide) groups is 1. The number of nitrogens with zero attached hydrogens (tertiary/aromatic N) is 3. The Hall–Kier alpha value is -1.26. The normalized spacial score (nSPS) is 25.8. The van der Waals surface area contributed by atoms with E-state index in [1.54, 1.807) is 5.38 Å². The first-order valence-corrected chi connectivity index (χ1v) is 12.8. The smallest absolute Gasteiger partial charge is 0.863 e. The summed E-state index contributed by atoms with van der Waals surface area (Å²) >= 11 is 7.57. The van der Waals surface area contributed by atoms with Crippen LogP contribution in [0.15, 0.2) is 21.8 Å². The van der Waals surface area contributed by atoms with Crippen molar-refractivity contribution in [3.8, 4) is 0 Å². The van der Waals surface area contributed by atoms with Gasteiger partial charge in [0.2, 0.25) is 0 Å². The van der Waals surface area contributed by atoms with Gasteiger partial charge in [-0.3, -0.25) is 14.5 Å². The van der Waals surface area contributed by atoms with Crippen molar-refractivity contribution in [2.24, 2.45) is 5.16 Å². The number of nitrogens with one attached hydrogen (secondary N) is 1. The summed E-state index contributed by atoms with van der Waals surface area (Å²) in [5.74, 6) is -1.28. The van der Waals surface area contributed by atoms with Gasteiger partial charge < -0.3 is 30.5 Å². The number of anilines is 1. The molecule has 3 aliphatic heterocycles. The summed E-state index contributed by atoms with van der Waals surface area (Å²) in [5, 5.41) is 19.6. The van der Waals surface area contributed by atoms with Crippen molar-refractivity contribution >= 4 is 63.0 Å². The number of carbonyl (C=O) groups is 2. The largest absolute Gasteiger partial charge is 1.00 e. The molecule has 15 heteroatoms. The van der Waals surface area contributed by atoms with Crippen molar-refractivity contribution in [2.45, 2.75) is 50.0 Å². The van der Waals surface area contributed by atoms with E-state index in [-0.39, 0.29) is 57.9 Å². The van der Waals surface area contributed by atoms with Crippen LogP contribution in [0.3, 0.4) is 0 Å². The zero-order valence-electron chi connectivity index (χ0n) is 19.7. The van der Waals surface area contributed by atoms with Gasteiger partial charge in [-0.1, -0.05) is 17.4 Å². The minimum atomic E-state index is -0.847. The van der Waals surface area contributed by atoms with Crippen molar-refractivity contribution < 1.29 is 58.6 Å². The molecule has 0 aromatic carbocycles. The second-order valence-corrected chi connectivity index (χ2v) is 10.6. The van der Waals surface area contributed by atoms with Crippen LogP contribution in [0, 0.1) is 0 Å². The van der Waals surface area contributed by atoms with Crippen molar-refractivity contribution in [1.29, 1.82) is 0 Å². The van der Waals surface area contributed by atoms with Crippen LogP contribution in [-0.2, 0) is 23.9 Å². The summed E-state index contributed by atoms with van der Waals surface area (Å²) in [6.45, 7) is 4.22. The molecule has 4 rings (SSSR count). The van der Waals surface area contributed by atoms with Crippen molar-refractivity contribution in [3.63, 3.8) is 0 Å². The standard InChI is InChI=1S/C20H25N5O6S3.Na/c1-20(2)30-5-4-10(31-20)6-9-7-33-17-13(16(27)25(17)14(9)18(28)32)23-15(26)12(24-29-3)11-8-34-19(21)22-11;/h8,10,13,17H,4-7H2,1-3H3,(H2,21,22)(H,23,26)(H,28,32);/q;+1/p-1/b24-12-;/t10?,13?,17-;/m1./s1. The first-order valence-electron chi connectivity index (χ1n) is 10.4. The van der Waals surface area contributed by atoms with Gasteiger partial charge in [0.15, 0.2) is 16.6 Å². The molecule has 35 heavy (non-hydrogen) atoms. The number of thiazole rings is 1. The molecule has 3 N–H and O–H groups in total. The molecule has 3 aliphatic rings. The topological polar surface area (TPSA) is 151 Å². The van der Waals surface area contributed by atoms with E-state index in [1.807, 2.05) is 13.8 Å². The van der Waals surface area contributed by atoms with Gasteiger partial charge in [-0.15, -0.1) is 23.1 Å². The molecular weight excluding hydrogens is 525 g/mol. The van der Waals surface area contributed by atoms with Crippen molar-refractivity contribution in [3.05, 3.63) is 22.3 Å². The summed E-state index contributed by atoms with van der Waals surface area (Å²) in [4.78, 5) is 36.1. The SMILES string of the molecule is CO/N=C(\C(=O)NC1C(=O)N2C(C([O-])=S)=C(CC3CCOC(C)(C)O3)CS[C@H]12)c1csc(N)n1.[Na+]. The second kappa shape index (κ2) is 11.4. The average molecular weight is 550 g/mol. The molecule has 0 saturated carbocycles. The van der Waals surface area contributed by atoms with E-state index in [1.165, 1.54) is 23.8 Å². The number of hydrogen-bond acceptors (Lipinski definition) is 12. The number of rotatable bonds is 7. The summed E-state index contributed by atoms with van der Waals surface area (Å²) in [5.41, 5.74) is 6.77. The molecule has 0 bridgehead atoms. The van der Waals surface area contributed by atoms with E-state index >= 15 is 0 Å². The Morgan fingerprint density at radius 3 is 2.86 bits per heavy atom. The number of β-lactam (4-membered cyclic amide) rings is 1. The minimum Gasteiger partial charge on any atom is -0.863 e. The molecule has 3 atom stereocenters. The molecule has 2 saturated heterocycles. The van der Waals surface area contributed by atoms with E-state index in [4.69, 9.17) is 32.3 Å². The third-order valence-electron chi connectivity index (χ3n) is 5.50. The molecule has 4 heterocycles. The molecule has 1 aromatic heterocycles. The van der Waals surface area contributed by atoms with Gasteiger partial charge in [0.05, 0.1) is 12.7 Å². The summed E-state index contributed by atoms with van der Waals surface area (Å²) < 4.78 is 11.5. The fraction of sp³-hybridized carbons (Fsp3) is 0.550. The second-order valence-electron chi connectivity index (χ2n) is 8.27. The first-order chi connectivity index (χ1) is 16.1. The van der Waals surface area contributed by atoms with Crippen LogP contribution in [-0.4, -0.2) is 75.2 Å². The van der Waals surface area contributed by atoms with Gasteiger partial charge in [-0.25, -0.2) is 4.98 Å². The molecule has 2 fully saturated rings. The zero-order valence-corrected chi connectivity index (χ0v) is 24.2. The predicted molar refractivity (Wildman–Crippen MR) is 129 cm³/mol. The Balaban J connectivity index is 0.00000342. The summed E-state index contributed by atoms with van der Waals surface area (Å²) in [7, 11) is 1.30. The predicted octanol–water partition coefficient (Wildman–Crippen LogP) is -2.65. The third kappa shape index (κ3) is 6.01. The third-order valence-corrected chi connectivity index (χ3v) is 7.71. The maximum absolute atomic E-state index is 13.0. The van der Waals surface area contributed by atoms with Crippen LogP contribution in [0.25, 0.3) is 0 Å². The summed E-state index contributed by atoms with van der Waals surface area (Å²) in [6.07, 6.45) is 1.00. The van der Waals surface area contributed by atoms with E-state index in [2.05, 4.69) is 15.5 Å². The monoisotopic (exact) mass is 549 g/mol. The number of aromatic nitrogens is 1. The maximum Gasteiger partial charge on any atom is 1.00 e. The van der Waals surface area contributed by atoms with Crippen LogP contribution >= 0.6 is 35.3 Å². The van der Waals surface area contributed by atoms with E-state index < -0.39 is 34.1 Å². The summed E-state index contributed by atoms with van der Waals surface area (Å²) in [6, 6.07) is -0.847. The van der Waals surface area contributed by atoms with Gasteiger partial charge in [0.1, 0.15) is 24.2 Å².